The zero-order valence-corrected chi connectivity index (χ0v) is 20.0. The summed E-state index contributed by atoms with van der Waals surface area (Å²) >= 11 is 1.81. The number of ether oxygens (including phenoxy) is 2. The third kappa shape index (κ3) is 5.37. The van der Waals surface area contributed by atoms with Crippen molar-refractivity contribution < 1.29 is 9.47 Å². The lowest BCUT2D eigenvalue weighted by Crippen LogP contribution is -2.46. The highest BCUT2D eigenvalue weighted by molar-refractivity contribution is 7.22. The number of halogens is 2. The van der Waals surface area contributed by atoms with Gasteiger partial charge in [-0.1, -0.05) is 35.6 Å². The number of piperidine rings is 1. The Bertz CT molecular complexity index is 945. The Balaban J connectivity index is 0.00000136. The molecule has 0 radical (unpaired) electrons. The van der Waals surface area contributed by atoms with Gasteiger partial charge in [-0.2, -0.15) is 0 Å². The minimum atomic E-state index is 0. The maximum atomic E-state index is 6.13. The average molecular weight is 482 g/mol. The second-order valence-electron chi connectivity index (χ2n) is 7.98. The number of para-hydroxylation sites is 3. The molecule has 3 heterocycles. The van der Waals surface area contributed by atoms with Crippen LogP contribution >= 0.6 is 36.2 Å². The SMILES string of the molecule is CC1Oc2ccccc2OC1CNCC1CCN(c2nc3ccccc3s2)CC1.Cl.Cl. The van der Waals surface area contributed by atoms with E-state index in [2.05, 4.69) is 41.4 Å². The van der Waals surface area contributed by atoms with Crippen molar-refractivity contribution in [1.29, 1.82) is 0 Å². The normalized spacial score (nSPS) is 20.7. The molecule has 5 nitrogen and oxygen atoms in total. The van der Waals surface area contributed by atoms with Crippen molar-refractivity contribution in [2.45, 2.75) is 32.0 Å². The molecule has 2 aliphatic rings. The molecule has 0 aliphatic carbocycles. The molecule has 0 amide bonds. The standard InChI is InChI=1S/C23H27N3O2S.2ClH/c1-16-21(28-20-8-4-3-7-19(20)27-16)15-24-14-17-10-12-26(13-11-17)23-25-18-6-2-5-9-22(18)29-23;;/h2-9,16-17,21,24H,10-15H2,1H3;2*1H. The number of nitrogens with zero attached hydrogens (tertiary/aromatic N) is 2. The van der Waals surface area contributed by atoms with Crippen LogP contribution in [0.5, 0.6) is 11.5 Å². The van der Waals surface area contributed by atoms with E-state index >= 15 is 0 Å². The lowest BCUT2D eigenvalue weighted by atomic mass is 9.97. The van der Waals surface area contributed by atoms with E-state index in [9.17, 15) is 0 Å². The molecule has 0 saturated carbocycles. The van der Waals surface area contributed by atoms with Crippen LogP contribution in [0.1, 0.15) is 19.8 Å². The van der Waals surface area contributed by atoms with Crippen molar-refractivity contribution in [2.24, 2.45) is 5.92 Å². The van der Waals surface area contributed by atoms with Gasteiger partial charge in [-0.25, -0.2) is 4.98 Å². The van der Waals surface area contributed by atoms with Gasteiger partial charge in [0.2, 0.25) is 0 Å². The summed E-state index contributed by atoms with van der Waals surface area (Å²) < 4.78 is 13.4. The van der Waals surface area contributed by atoms with Crippen molar-refractivity contribution in [3.63, 3.8) is 0 Å². The Morgan fingerprint density at radius 2 is 1.65 bits per heavy atom. The summed E-state index contributed by atoms with van der Waals surface area (Å²) in [6, 6.07) is 16.3. The highest BCUT2D eigenvalue weighted by Crippen LogP contribution is 2.33. The minimum Gasteiger partial charge on any atom is -0.483 e. The molecule has 2 aliphatic heterocycles. The third-order valence-corrected chi connectivity index (χ3v) is 7.01. The molecule has 5 rings (SSSR count). The monoisotopic (exact) mass is 481 g/mol. The van der Waals surface area contributed by atoms with Crippen LogP contribution in [0.3, 0.4) is 0 Å². The molecule has 1 saturated heterocycles. The van der Waals surface area contributed by atoms with Gasteiger partial charge in [0.25, 0.3) is 0 Å². The van der Waals surface area contributed by atoms with Crippen molar-refractivity contribution in [3.05, 3.63) is 48.5 Å². The Morgan fingerprint density at radius 3 is 2.39 bits per heavy atom. The molecule has 8 heteroatoms. The summed E-state index contributed by atoms with van der Waals surface area (Å²) in [6.45, 7) is 6.09. The molecule has 1 N–H and O–H groups in total. The van der Waals surface area contributed by atoms with Gasteiger partial charge in [-0.3, -0.25) is 0 Å². The van der Waals surface area contributed by atoms with Crippen molar-refractivity contribution in [3.8, 4) is 11.5 Å². The van der Waals surface area contributed by atoms with E-state index in [-0.39, 0.29) is 37.0 Å². The van der Waals surface area contributed by atoms with Gasteiger partial charge in [0, 0.05) is 19.6 Å². The van der Waals surface area contributed by atoms with Gasteiger partial charge in [0.05, 0.1) is 10.2 Å². The van der Waals surface area contributed by atoms with Crippen LogP contribution < -0.4 is 19.7 Å². The molecule has 0 spiro atoms. The summed E-state index contributed by atoms with van der Waals surface area (Å²) in [6.07, 6.45) is 2.50. The quantitative estimate of drug-likeness (QED) is 0.544. The number of benzene rings is 2. The lowest BCUT2D eigenvalue weighted by Gasteiger charge is -2.34. The van der Waals surface area contributed by atoms with E-state index < -0.39 is 0 Å². The van der Waals surface area contributed by atoms with Gasteiger partial charge in [0.1, 0.15) is 12.2 Å². The first-order valence-corrected chi connectivity index (χ1v) is 11.3. The zero-order valence-electron chi connectivity index (χ0n) is 17.5. The maximum absolute atomic E-state index is 6.13. The first kappa shape index (κ1) is 23.9. The summed E-state index contributed by atoms with van der Waals surface area (Å²) in [5, 5.41) is 4.79. The van der Waals surface area contributed by atoms with Gasteiger partial charge in [0.15, 0.2) is 16.6 Å². The molecule has 1 fully saturated rings. The van der Waals surface area contributed by atoms with E-state index in [0.717, 1.165) is 48.3 Å². The molecular formula is C23H29Cl2N3O2S. The smallest absolute Gasteiger partial charge is 0.186 e. The van der Waals surface area contributed by atoms with E-state index in [0.29, 0.717) is 5.92 Å². The number of rotatable bonds is 5. The minimum absolute atomic E-state index is 0. The molecule has 1 aromatic heterocycles. The molecule has 31 heavy (non-hydrogen) atoms. The van der Waals surface area contributed by atoms with Gasteiger partial charge in [-0.15, -0.1) is 24.8 Å². The summed E-state index contributed by atoms with van der Waals surface area (Å²) in [4.78, 5) is 7.25. The van der Waals surface area contributed by atoms with Crippen molar-refractivity contribution in [2.75, 3.05) is 31.1 Å². The maximum Gasteiger partial charge on any atom is 0.186 e. The predicted molar refractivity (Wildman–Crippen MR) is 133 cm³/mol. The molecule has 3 aromatic rings. The topological polar surface area (TPSA) is 46.6 Å². The first-order chi connectivity index (χ1) is 14.3. The second-order valence-corrected chi connectivity index (χ2v) is 8.99. The number of thiazole rings is 1. The van der Waals surface area contributed by atoms with E-state index in [1.165, 1.54) is 17.5 Å². The van der Waals surface area contributed by atoms with E-state index in [1.807, 2.05) is 24.3 Å². The van der Waals surface area contributed by atoms with Crippen LogP contribution in [-0.2, 0) is 0 Å². The van der Waals surface area contributed by atoms with Gasteiger partial charge < -0.3 is 19.7 Å². The highest BCUT2D eigenvalue weighted by atomic mass is 35.5. The van der Waals surface area contributed by atoms with Crippen LogP contribution in [0.2, 0.25) is 0 Å². The first-order valence-electron chi connectivity index (χ1n) is 10.5. The number of aromatic nitrogens is 1. The molecule has 2 atom stereocenters. The molecular weight excluding hydrogens is 453 g/mol. The van der Waals surface area contributed by atoms with E-state index in [4.69, 9.17) is 14.5 Å². The zero-order chi connectivity index (χ0) is 19.6. The van der Waals surface area contributed by atoms with Gasteiger partial charge in [-0.05, 0) is 56.5 Å². The second kappa shape index (κ2) is 10.7. The average Bonchev–Trinajstić information content (AvgIpc) is 3.19. The largest absolute Gasteiger partial charge is 0.483 e. The number of anilines is 1. The van der Waals surface area contributed by atoms with Crippen LogP contribution in [0.15, 0.2) is 48.5 Å². The Morgan fingerprint density at radius 1 is 0.968 bits per heavy atom. The third-order valence-electron chi connectivity index (χ3n) is 5.91. The van der Waals surface area contributed by atoms with Crippen molar-refractivity contribution in [1.82, 2.24) is 10.3 Å². The number of fused-ring (bicyclic) bond motifs is 2. The fraction of sp³-hybridized carbons (Fsp3) is 0.435. The molecule has 0 bridgehead atoms. The summed E-state index contributed by atoms with van der Waals surface area (Å²) in [7, 11) is 0. The number of hydrogen-bond donors (Lipinski definition) is 1. The van der Waals surface area contributed by atoms with Crippen molar-refractivity contribution >= 4 is 51.5 Å². The Hall–Kier alpha value is -1.73. The summed E-state index contributed by atoms with van der Waals surface area (Å²) in [5.74, 6) is 2.40. The van der Waals surface area contributed by atoms with Crippen LogP contribution in [0.4, 0.5) is 5.13 Å². The Kier molecular flexibility index (Phi) is 8.28. The Labute approximate surface area is 200 Å². The van der Waals surface area contributed by atoms with Gasteiger partial charge >= 0.3 is 0 Å². The van der Waals surface area contributed by atoms with Crippen LogP contribution in [0.25, 0.3) is 10.2 Å². The fourth-order valence-corrected chi connectivity index (χ4v) is 5.16. The summed E-state index contributed by atoms with van der Waals surface area (Å²) in [5.41, 5.74) is 1.11. The predicted octanol–water partition coefficient (Wildman–Crippen LogP) is 5.17. The van der Waals surface area contributed by atoms with Crippen LogP contribution in [-0.4, -0.2) is 43.4 Å². The number of hydrogen-bond acceptors (Lipinski definition) is 6. The molecule has 2 aromatic carbocycles. The number of nitrogens with one attached hydrogen (secondary N) is 1. The lowest BCUT2D eigenvalue weighted by molar-refractivity contribution is 0.0314. The molecule has 2 unspecified atom stereocenters. The highest BCUT2D eigenvalue weighted by Gasteiger charge is 2.28. The van der Waals surface area contributed by atoms with E-state index in [1.54, 1.807) is 11.3 Å². The fourth-order valence-electron chi connectivity index (χ4n) is 4.14. The molecule has 168 valence electrons. The van der Waals surface area contributed by atoms with Crippen LogP contribution in [0, 0.1) is 5.92 Å².